The summed E-state index contributed by atoms with van der Waals surface area (Å²) in [7, 11) is 0. The second kappa shape index (κ2) is 7.35. The predicted octanol–water partition coefficient (Wildman–Crippen LogP) is 3.58. The largest absolute Gasteiger partial charge is 0.465 e. The number of cyclic esters (lactones) is 1. The zero-order valence-corrected chi connectivity index (χ0v) is 14.6. The summed E-state index contributed by atoms with van der Waals surface area (Å²) in [6, 6.07) is 5.80. The molecular formula is C19H23FN2O4. The number of ether oxygens (including phenoxy) is 1. The molecule has 2 fully saturated rings. The molecule has 2 unspecified atom stereocenters. The molecule has 6 nitrogen and oxygen atoms in total. The average Bonchev–Trinajstić information content (AvgIpc) is 2.62. The number of rotatable bonds is 4. The Hall–Kier alpha value is -2.57. The van der Waals surface area contributed by atoms with Crippen LogP contribution in [0.4, 0.5) is 14.0 Å². The molecule has 2 heterocycles. The Morgan fingerprint density at radius 2 is 2.12 bits per heavy atom. The predicted molar refractivity (Wildman–Crippen MR) is 93.3 cm³/mol. The topological polar surface area (TPSA) is 70.1 Å². The molecule has 0 spiro atoms. The number of benzene rings is 1. The molecule has 2 amide bonds. The van der Waals surface area contributed by atoms with Crippen molar-refractivity contribution in [3.05, 3.63) is 48.3 Å². The lowest BCUT2D eigenvalue weighted by Gasteiger charge is -2.45. The Morgan fingerprint density at radius 1 is 1.38 bits per heavy atom. The molecule has 2 atom stereocenters. The molecule has 0 aromatic heterocycles. The van der Waals surface area contributed by atoms with E-state index in [1.54, 1.807) is 23.1 Å². The quantitative estimate of drug-likeness (QED) is 0.831. The maximum absolute atomic E-state index is 13.3. The number of nitrogens with zero attached hydrogens (tertiary/aromatic N) is 2. The number of carbonyl (C=O) groups excluding carboxylic acids is 1. The Kier molecular flexibility index (Phi) is 5.15. The Balaban J connectivity index is 1.77. The first-order valence-electron chi connectivity index (χ1n) is 8.79. The van der Waals surface area contributed by atoms with E-state index in [9.17, 15) is 19.1 Å². The van der Waals surface area contributed by atoms with Crippen molar-refractivity contribution in [1.29, 1.82) is 0 Å². The number of likely N-dealkylation sites (tertiary alicyclic amines) is 1. The van der Waals surface area contributed by atoms with E-state index in [-0.39, 0.29) is 11.9 Å². The Morgan fingerprint density at radius 3 is 2.73 bits per heavy atom. The monoisotopic (exact) mass is 362 g/mol. The van der Waals surface area contributed by atoms with Gasteiger partial charge in [-0.3, -0.25) is 0 Å². The van der Waals surface area contributed by atoms with Gasteiger partial charge in [0, 0.05) is 32.5 Å². The number of amides is 2. The van der Waals surface area contributed by atoms with Gasteiger partial charge < -0.3 is 19.6 Å². The van der Waals surface area contributed by atoms with Crippen LogP contribution in [-0.2, 0) is 10.3 Å². The number of halogens is 1. The van der Waals surface area contributed by atoms with Gasteiger partial charge in [0.1, 0.15) is 11.4 Å². The highest BCUT2D eigenvalue weighted by atomic mass is 19.1. The minimum absolute atomic E-state index is 0.178. The summed E-state index contributed by atoms with van der Waals surface area (Å²) in [5.41, 5.74) is -0.118. The Labute approximate surface area is 151 Å². The van der Waals surface area contributed by atoms with Gasteiger partial charge in [-0.1, -0.05) is 18.2 Å². The van der Waals surface area contributed by atoms with Gasteiger partial charge in [0.25, 0.3) is 0 Å². The van der Waals surface area contributed by atoms with Crippen LogP contribution < -0.4 is 0 Å². The SMILES string of the molecule is C=CCC1(c2ccc(F)cc2)CCN(C2CCCN(C(=O)O)C2)C(=O)O1. The molecule has 2 aliphatic rings. The van der Waals surface area contributed by atoms with Crippen molar-refractivity contribution in [2.24, 2.45) is 0 Å². The first-order valence-corrected chi connectivity index (χ1v) is 8.79. The molecule has 1 aromatic rings. The van der Waals surface area contributed by atoms with Gasteiger partial charge in [0.15, 0.2) is 0 Å². The fraction of sp³-hybridized carbons (Fsp3) is 0.474. The molecule has 26 heavy (non-hydrogen) atoms. The van der Waals surface area contributed by atoms with Crippen LogP contribution in [0.25, 0.3) is 0 Å². The maximum atomic E-state index is 13.3. The average molecular weight is 362 g/mol. The number of carboxylic acid groups (broad SMARTS) is 1. The molecule has 2 aliphatic heterocycles. The summed E-state index contributed by atoms with van der Waals surface area (Å²) < 4.78 is 19.1. The Bertz CT molecular complexity index is 693. The van der Waals surface area contributed by atoms with E-state index in [0.29, 0.717) is 32.5 Å². The van der Waals surface area contributed by atoms with Crippen LogP contribution >= 0.6 is 0 Å². The molecule has 3 rings (SSSR count). The van der Waals surface area contributed by atoms with Gasteiger partial charge >= 0.3 is 12.2 Å². The molecule has 2 saturated heterocycles. The van der Waals surface area contributed by atoms with Crippen LogP contribution in [0, 0.1) is 5.82 Å². The summed E-state index contributed by atoms with van der Waals surface area (Å²) >= 11 is 0. The highest BCUT2D eigenvalue weighted by molar-refractivity contribution is 5.70. The fourth-order valence-corrected chi connectivity index (χ4v) is 3.84. The van der Waals surface area contributed by atoms with E-state index < -0.39 is 17.8 Å². The van der Waals surface area contributed by atoms with Gasteiger partial charge in [-0.15, -0.1) is 6.58 Å². The second-order valence-electron chi connectivity index (χ2n) is 6.83. The van der Waals surface area contributed by atoms with Gasteiger partial charge in [-0.05, 0) is 30.5 Å². The van der Waals surface area contributed by atoms with Crippen molar-refractivity contribution in [3.63, 3.8) is 0 Å². The van der Waals surface area contributed by atoms with Crippen LogP contribution in [0.3, 0.4) is 0 Å². The van der Waals surface area contributed by atoms with E-state index >= 15 is 0 Å². The molecule has 7 heteroatoms. The van der Waals surface area contributed by atoms with E-state index in [2.05, 4.69) is 6.58 Å². The van der Waals surface area contributed by atoms with E-state index in [1.807, 2.05) is 0 Å². The van der Waals surface area contributed by atoms with Crippen molar-refractivity contribution in [2.45, 2.75) is 37.3 Å². The molecule has 140 valence electrons. The number of carbonyl (C=O) groups is 2. The fourth-order valence-electron chi connectivity index (χ4n) is 3.84. The van der Waals surface area contributed by atoms with Crippen molar-refractivity contribution in [2.75, 3.05) is 19.6 Å². The third-order valence-corrected chi connectivity index (χ3v) is 5.23. The van der Waals surface area contributed by atoms with Crippen molar-refractivity contribution in [3.8, 4) is 0 Å². The second-order valence-corrected chi connectivity index (χ2v) is 6.83. The lowest BCUT2D eigenvalue weighted by molar-refractivity contribution is -0.0651. The van der Waals surface area contributed by atoms with Crippen molar-refractivity contribution in [1.82, 2.24) is 9.80 Å². The minimum Gasteiger partial charge on any atom is -0.465 e. The lowest BCUT2D eigenvalue weighted by Crippen LogP contribution is -2.56. The normalized spacial score (nSPS) is 26.3. The summed E-state index contributed by atoms with van der Waals surface area (Å²) in [5, 5.41) is 9.19. The third-order valence-electron chi connectivity index (χ3n) is 5.23. The van der Waals surface area contributed by atoms with Gasteiger partial charge in [-0.25, -0.2) is 14.0 Å². The number of piperidine rings is 1. The summed E-state index contributed by atoms with van der Waals surface area (Å²) in [4.78, 5) is 26.9. The zero-order chi connectivity index (χ0) is 18.7. The lowest BCUT2D eigenvalue weighted by atomic mass is 9.85. The van der Waals surface area contributed by atoms with Gasteiger partial charge in [0.2, 0.25) is 0 Å². The van der Waals surface area contributed by atoms with E-state index in [1.165, 1.54) is 17.0 Å². The summed E-state index contributed by atoms with van der Waals surface area (Å²) in [6.07, 6.45) is 2.72. The van der Waals surface area contributed by atoms with Gasteiger partial charge in [0.05, 0.1) is 6.04 Å². The number of hydrogen-bond donors (Lipinski definition) is 1. The highest BCUT2D eigenvalue weighted by Crippen LogP contribution is 2.38. The first kappa shape index (κ1) is 18.2. The molecule has 0 aliphatic carbocycles. The van der Waals surface area contributed by atoms with Crippen molar-refractivity contribution >= 4 is 12.2 Å². The van der Waals surface area contributed by atoms with Crippen LogP contribution in [0.2, 0.25) is 0 Å². The van der Waals surface area contributed by atoms with Crippen LogP contribution in [-0.4, -0.2) is 52.8 Å². The smallest absolute Gasteiger partial charge is 0.410 e. The molecule has 1 N–H and O–H groups in total. The molecule has 1 aromatic carbocycles. The molecule has 0 radical (unpaired) electrons. The van der Waals surface area contributed by atoms with Gasteiger partial charge in [-0.2, -0.15) is 0 Å². The van der Waals surface area contributed by atoms with Crippen molar-refractivity contribution < 1.29 is 23.8 Å². The summed E-state index contributed by atoms with van der Waals surface area (Å²) in [5.74, 6) is -0.345. The standard InChI is InChI=1S/C19H23FN2O4/c1-2-9-19(14-5-7-15(20)8-6-14)10-12-22(18(25)26-19)16-4-3-11-21(13-16)17(23)24/h2,5-8,16H,1,3-4,9-13H2,(H,23,24). The van der Waals surface area contributed by atoms with Crippen LogP contribution in [0.1, 0.15) is 31.2 Å². The van der Waals surface area contributed by atoms with Crippen LogP contribution in [0.5, 0.6) is 0 Å². The molecular weight excluding hydrogens is 339 g/mol. The van der Waals surface area contributed by atoms with E-state index in [4.69, 9.17) is 4.74 Å². The molecule has 0 bridgehead atoms. The highest BCUT2D eigenvalue weighted by Gasteiger charge is 2.44. The first-order chi connectivity index (χ1) is 12.4. The van der Waals surface area contributed by atoms with Crippen LogP contribution in [0.15, 0.2) is 36.9 Å². The number of hydrogen-bond acceptors (Lipinski definition) is 3. The zero-order valence-electron chi connectivity index (χ0n) is 14.6. The third kappa shape index (κ3) is 3.52. The minimum atomic E-state index is -0.965. The maximum Gasteiger partial charge on any atom is 0.410 e. The summed E-state index contributed by atoms with van der Waals surface area (Å²) in [6.45, 7) is 5.01. The van der Waals surface area contributed by atoms with E-state index in [0.717, 1.165) is 18.4 Å². The molecule has 0 saturated carbocycles.